The van der Waals surface area contributed by atoms with Crippen LogP contribution in [0.25, 0.3) is 0 Å². The van der Waals surface area contributed by atoms with Gasteiger partial charge in [0, 0.05) is 0 Å². The predicted octanol–water partition coefficient (Wildman–Crippen LogP) is 3.95. The van der Waals surface area contributed by atoms with Gasteiger partial charge >= 0.3 is 0 Å². The fourth-order valence-corrected chi connectivity index (χ4v) is 2.25. The minimum atomic E-state index is 0.716. The lowest BCUT2D eigenvalue weighted by Gasteiger charge is -2.19. The summed E-state index contributed by atoms with van der Waals surface area (Å²) in [6.45, 7) is 5.43. The second-order valence-corrected chi connectivity index (χ2v) is 5.02. The van der Waals surface area contributed by atoms with Crippen molar-refractivity contribution in [3.05, 3.63) is 35.9 Å². The number of benzene rings is 1. The Morgan fingerprint density at radius 2 is 1.75 bits per heavy atom. The molecule has 0 aliphatic rings. The first-order valence-corrected chi connectivity index (χ1v) is 6.49. The number of hydrogen-bond donors (Lipinski definition) is 1. The van der Waals surface area contributed by atoms with E-state index in [0.29, 0.717) is 5.92 Å². The molecular weight excluding hydrogens is 194 g/mol. The molecule has 1 atom stereocenters. The Balaban J connectivity index is 2.56. The summed E-state index contributed by atoms with van der Waals surface area (Å²) in [5.41, 5.74) is 7.05. The van der Waals surface area contributed by atoms with Crippen molar-refractivity contribution in [2.45, 2.75) is 45.4 Å². The average Bonchev–Trinajstić information content (AvgIpc) is 2.29. The minimum absolute atomic E-state index is 0.716. The average molecular weight is 219 g/mol. The van der Waals surface area contributed by atoms with Crippen LogP contribution in [-0.4, -0.2) is 6.54 Å². The Hall–Kier alpha value is -0.820. The topological polar surface area (TPSA) is 26.0 Å². The molecule has 0 spiro atoms. The summed E-state index contributed by atoms with van der Waals surface area (Å²) < 4.78 is 0. The fourth-order valence-electron chi connectivity index (χ4n) is 2.25. The van der Waals surface area contributed by atoms with E-state index in [0.717, 1.165) is 18.9 Å². The minimum Gasteiger partial charge on any atom is -0.330 e. The van der Waals surface area contributed by atoms with Gasteiger partial charge in [-0.3, -0.25) is 0 Å². The largest absolute Gasteiger partial charge is 0.330 e. The van der Waals surface area contributed by atoms with Gasteiger partial charge in [0.1, 0.15) is 0 Å². The monoisotopic (exact) mass is 219 g/mol. The summed E-state index contributed by atoms with van der Waals surface area (Å²) in [6.07, 6.45) is 4.97. The number of nitrogens with two attached hydrogens (primary N) is 1. The maximum absolute atomic E-state index is 5.55. The van der Waals surface area contributed by atoms with Gasteiger partial charge in [0.05, 0.1) is 0 Å². The molecule has 0 amide bonds. The molecular formula is C15H25N. The van der Waals surface area contributed by atoms with Crippen molar-refractivity contribution >= 4 is 0 Å². The zero-order valence-electron chi connectivity index (χ0n) is 10.7. The quantitative estimate of drug-likeness (QED) is 0.690. The highest BCUT2D eigenvalue weighted by Crippen LogP contribution is 2.28. The van der Waals surface area contributed by atoms with E-state index in [2.05, 4.69) is 44.2 Å². The molecule has 0 heterocycles. The lowest BCUT2D eigenvalue weighted by molar-refractivity contribution is 0.461. The normalized spacial score (nSPS) is 13.0. The van der Waals surface area contributed by atoms with Gasteiger partial charge in [0.2, 0.25) is 0 Å². The highest BCUT2D eigenvalue weighted by atomic mass is 14.5. The predicted molar refractivity (Wildman–Crippen MR) is 71.5 cm³/mol. The molecule has 1 heteroatoms. The Morgan fingerprint density at radius 1 is 1.06 bits per heavy atom. The first kappa shape index (κ1) is 13.2. The van der Waals surface area contributed by atoms with E-state index in [-0.39, 0.29) is 0 Å². The molecule has 1 unspecified atom stereocenters. The second-order valence-electron chi connectivity index (χ2n) is 5.02. The van der Waals surface area contributed by atoms with Crippen molar-refractivity contribution in [1.82, 2.24) is 0 Å². The van der Waals surface area contributed by atoms with E-state index in [9.17, 15) is 0 Å². The third kappa shape index (κ3) is 4.80. The molecule has 1 aromatic carbocycles. The van der Waals surface area contributed by atoms with Crippen LogP contribution in [0, 0.1) is 5.92 Å². The molecule has 0 saturated heterocycles. The van der Waals surface area contributed by atoms with E-state index in [4.69, 9.17) is 5.73 Å². The van der Waals surface area contributed by atoms with Gasteiger partial charge in [0.25, 0.3) is 0 Å². The Morgan fingerprint density at radius 3 is 2.31 bits per heavy atom. The summed E-state index contributed by atoms with van der Waals surface area (Å²) in [5, 5.41) is 0. The maximum atomic E-state index is 5.55. The number of unbranched alkanes of at least 4 members (excludes halogenated alkanes) is 1. The lowest BCUT2D eigenvalue weighted by atomic mass is 9.86. The van der Waals surface area contributed by atoms with Crippen LogP contribution in [0.15, 0.2) is 30.3 Å². The van der Waals surface area contributed by atoms with Crippen molar-refractivity contribution in [1.29, 1.82) is 0 Å². The Bertz CT molecular complexity index is 266. The molecule has 0 bridgehead atoms. The second kappa shape index (κ2) is 7.45. The Labute approximate surface area is 100 Å². The van der Waals surface area contributed by atoms with Crippen LogP contribution >= 0.6 is 0 Å². The van der Waals surface area contributed by atoms with E-state index in [1.54, 1.807) is 0 Å². The zero-order chi connectivity index (χ0) is 11.8. The smallest absolute Gasteiger partial charge is 0.00773 e. The maximum Gasteiger partial charge on any atom is -0.00773 e. The van der Waals surface area contributed by atoms with Crippen LogP contribution < -0.4 is 5.73 Å². The zero-order valence-corrected chi connectivity index (χ0v) is 10.7. The van der Waals surface area contributed by atoms with Gasteiger partial charge in [-0.2, -0.15) is 0 Å². The highest BCUT2D eigenvalue weighted by molar-refractivity contribution is 5.19. The molecule has 16 heavy (non-hydrogen) atoms. The lowest BCUT2D eigenvalue weighted by Crippen LogP contribution is -2.05. The van der Waals surface area contributed by atoms with Crippen molar-refractivity contribution in [3.63, 3.8) is 0 Å². The summed E-state index contributed by atoms with van der Waals surface area (Å²) >= 11 is 0. The summed E-state index contributed by atoms with van der Waals surface area (Å²) in [7, 11) is 0. The van der Waals surface area contributed by atoms with Crippen LogP contribution in [0.2, 0.25) is 0 Å². The third-order valence-electron chi connectivity index (χ3n) is 3.03. The van der Waals surface area contributed by atoms with Crippen molar-refractivity contribution in [2.24, 2.45) is 11.7 Å². The van der Waals surface area contributed by atoms with Crippen molar-refractivity contribution < 1.29 is 0 Å². The molecule has 0 aliphatic heterocycles. The van der Waals surface area contributed by atoms with Gasteiger partial charge in [-0.15, -0.1) is 0 Å². The van der Waals surface area contributed by atoms with E-state index < -0.39 is 0 Å². The van der Waals surface area contributed by atoms with Crippen molar-refractivity contribution in [2.75, 3.05) is 6.54 Å². The van der Waals surface area contributed by atoms with Crippen LogP contribution in [0.1, 0.15) is 51.0 Å². The molecule has 1 rings (SSSR count). The van der Waals surface area contributed by atoms with Crippen LogP contribution in [0.3, 0.4) is 0 Å². The van der Waals surface area contributed by atoms with Crippen LogP contribution in [-0.2, 0) is 0 Å². The molecule has 90 valence electrons. The molecule has 0 aromatic heterocycles. The van der Waals surface area contributed by atoms with E-state index in [1.807, 2.05) is 0 Å². The molecule has 0 fully saturated rings. The summed E-state index contributed by atoms with van der Waals surface area (Å²) in [6, 6.07) is 10.9. The summed E-state index contributed by atoms with van der Waals surface area (Å²) in [4.78, 5) is 0. The highest BCUT2D eigenvalue weighted by Gasteiger charge is 2.12. The van der Waals surface area contributed by atoms with E-state index >= 15 is 0 Å². The molecule has 0 aliphatic carbocycles. The standard InChI is InChI=1S/C15H25N/c1-13(2)12-15(10-6-7-11-16)14-8-4-3-5-9-14/h3-5,8-9,13,15H,6-7,10-12,16H2,1-2H3. The molecule has 0 radical (unpaired) electrons. The van der Waals surface area contributed by atoms with Gasteiger partial charge in [-0.1, -0.05) is 50.6 Å². The molecule has 1 aromatic rings. The van der Waals surface area contributed by atoms with Crippen molar-refractivity contribution in [3.8, 4) is 0 Å². The Kier molecular flexibility index (Phi) is 6.17. The molecule has 2 N–H and O–H groups in total. The van der Waals surface area contributed by atoms with Crippen LogP contribution in [0.4, 0.5) is 0 Å². The van der Waals surface area contributed by atoms with Gasteiger partial charge in [0.15, 0.2) is 0 Å². The molecule has 1 nitrogen and oxygen atoms in total. The van der Waals surface area contributed by atoms with Gasteiger partial charge in [-0.25, -0.2) is 0 Å². The SMILES string of the molecule is CC(C)CC(CCCCN)c1ccccc1. The first-order chi connectivity index (χ1) is 7.74. The number of rotatable bonds is 7. The third-order valence-corrected chi connectivity index (χ3v) is 3.03. The molecule has 0 saturated carbocycles. The van der Waals surface area contributed by atoms with Crippen LogP contribution in [0.5, 0.6) is 0 Å². The summed E-state index contributed by atoms with van der Waals surface area (Å²) in [5.74, 6) is 1.48. The first-order valence-electron chi connectivity index (χ1n) is 6.49. The number of hydrogen-bond acceptors (Lipinski definition) is 1. The van der Waals surface area contributed by atoms with Gasteiger partial charge in [-0.05, 0) is 43.2 Å². The van der Waals surface area contributed by atoms with E-state index in [1.165, 1.54) is 24.8 Å². The van der Waals surface area contributed by atoms with Gasteiger partial charge < -0.3 is 5.73 Å². The fraction of sp³-hybridized carbons (Fsp3) is 0.600.